The van der Waals surface area contributed by atoms with Gasteiger partial charge in [0.15, 0.2) is 25.8 Å². The summed E-state index contributed by atoms with van der Waals surface area (Å²) in [4.78, 5) is 12.0. The molecule has 1 unspecified atom stereocenters. The van der Waals surface area contributed by atoms with Crippen LogP contribution in [0.25, 0.3) is 11.2 Å². The number of rotatable bonds is 4. The van der Waals surface area contributed by atoms with Crippen LogP contribution in [0.2, 0.25) is 0 Å². The van der Waals surface area contributed by atoms with Gasteiger partial charge >= 0.3 is 0 Å². The van der Waals surface area contributed by atoms with E-state index in [2.05, 4.69) is 15.0 Å². The van der Waals surface area contributed by atoms with Crippen molar-refractivity contribution in [1.29, 1.82) is 0 Å². The van der Waals surface area contributed by atoms with E-state index in [1.807, 2.05) is 0 Å². The average molecular weight is 239 g/mol. The number of fused-ring (bicyclic) bond motifs is 1. The predicted molar refractivity (Wildman–Crippen MR) is 58.1 cm³/mol. The second-order valence-electron chi connectivity index (χ2n) is 3.12. The highest BCUT2D eigenvalue weighted by Gasteiger charge is 2.12. The summed E-state index contributed by atoms with van der Waals surface area (Å²) in [6, 6.07) is 0. The summed E-state index contributed by atoms with van der Waals surface area (Å²) in [5.74, 6) is -0.0917. The smallest absolute Gasteiger partial charge is 0.189 e. The lowest BCUT2D eigenvalue weighted by atomic mass is 10.5. The molecule has 16 heavy (non-hydrogen) atoms. The molecule has 0 radical (unpaired) electrons. The van der Waals surface area contributed by atoms with E-state index in [4.69, 9.17) is 10.5 Å². The fourth-order valence-corrected chi connectivity index (χ4v) is 1.68. The van der Waals surface area contributed by atoms with Crippen molar-refractivity contribution in [2.75, 3.05) is 12.8 Å². The molecule has 2 N–H and O–H groups in total. The number of ether oxygens (including phenoxy) is 1. The van der Waals surface area contributed by atoms with Gasteiger partial charge in [0.05, 0.1) is 12.9 Å². The van der Waals surface area contributed by atoms with Crippen molar-refractivity contribution in [1.82, 2.24) is 19.5 Å². The molecule has 0 amide bonds. The van der Waals surface area contributed by atoms with Crippen LogP contribution in [-0.2, 0) is 15.8 Å². The summed E-state index contributed by atoms with van der Waals surface area (Å²) >= 11 is 0. The van der Waals surface area contributed by atoms with E-state index in [9.17, 15) is 4.57 Å². The molecule has 2 aromatic rings. The molecule has 7 nitrogen and oxygen atoms in total. The minimum Gasteiger partial charge on any atom is -0.382 e. The first-order valence-corrected chi connectivity index (χ1v) is 5.41. The van der Waals surface area contributed by atoms with Crippen molar-refractivity contribution < 1.29 is 9.30 Å². The zero-order valence-corrected chi connectivity index (χ0v) is 9.46. The molecule has 84 valence electrons. The Morgan fingerprint density at radius 2 is 2.38 bits per heavy atom. The molecule has 0 bridgehead atoms. The van der Waals surface area contributed by atoms with E-state index < -0.39 is 5.85 Å². The van der Waals surface area contributed by atoms with Gasteiger partial charge in [-0.3, -0.25) is 4.57 Å². The predicted octanol–water partition coefficient (Wildman–Crippen LogP) is 0.673. The maximum atomic E-state index is 10.7. The third-order valence-corrected chi connectivity index (χ3v) is 2.78. The van der Waals surface area contributed by atoms with Gasteiger partial charge < -0.3 is 15.0 Å². The van der Waals surface area contributed by atoms with Crippen molar-refractivity contribution >= 4 is 25.4 Å². The third kappa shape index (κ3) is 1.87. The van der Waals surface area contributed by atoms with Gasteiger partial charge in [-0.1, -0.05) is 0 Å². The Morgan fingerprint density at radius 1 is 1.56 bits per heavy atom. The Hall–Kier alpha value is -1.59. The number of nitrogens with zero attached hydrogens (tertiary/aromatic N) is 4. The van der Waals surface area contributed by atoms with Crippen LogP contribution < -0.4 is 5.73 Å². The molecule has 2 heterocycles. The zero-order chi connectivity index (χ0) is 11.5. The van der Waals surface area contributed by atoms with Gasteiger partial charge in [0.25, 0.3) is 0 Å². The van der Waals surface area contributed by atoms with E-state index >= 15 is 0 Å². The van der Waals surface area contributed by atoms with Gasteiger partial charge in [-0.2, -0.15) is 0 Å². The normalized spacial score (nSPS) is 13.3. The lowest BCUT2D eigenvalue weighted by Crippen LogP contribution is -2.12. The minimum absolute atomic E-state index is 0.0774. The Balaban J connectivity index is 2.38. The quantitative estimate of drug-likeness (QED) is 0.788. The molecule has 0 saturated carbocycles. The number of anilines is 1. The molecule has 0 aliphatic rings. The summed E-state index contributed by atoms with van der Waals surface area (Å²) < 4.78 is 17.5. The molecule has 1 atom stereocenters. The molecular formula is C8H10N5O2P. The molecule has 0 aromatic carbocycles. The van der Waals surface area contributed by atoms with E-state index in [1.54, 1.807) is 10.9 Å². The van der Waals surface area contributed by atoms with Crippen LogP contribution in [0, 0.1) is 0 Å². The van der Waals surface area contributed by atoms with Crippen LogP contribution in [0.1, 0.15) is 0 Å². The van der Waals surface area contributed by atoms with Crippen molar-refractivity contribution in [2.45, 2.75) is 12.4 Å². The van der Waals surface area contributed by atoms with Crippen LogP contribution in [0.15, 0.2) is 12.7 Å². The fraction of sp³-hybridized carbons (Fsp3) is 0.375. The molecule has 0 spiro atoms. The molecule has 0 fully saturated rings. The highest BCUT2D eigenvalue weighted by molar-refractivity contribution is 7.24. The standard InChI is InChI=1S/C8H10N5O2P/c1-15-5(16-14)2-13-4-12-6-7(9)10-3-11-8(6)13/h3-5H,2H2,1H3,(H2,9,10,11). The lowest BCUT2D eigenvalue weighted by Gasteiger charge is -2.07. The minimum atomic E-state index is -0.423. The number of nitrogen functional groups attached to an aromatic ring is 1. The van der Waals surface area contributed by atoms with Crippen molar-refractivity contribution in [3.63, 3.8) is 0 Å². The number of nitrogens with two attached hydrogens (primary N) is 1. The van der Waals surface area contributed by atoms with E-state index in [-0.39, 0.29) is 8.46 Å². The Bertz CT molecular complexity index is 514. The SMILES string of the molecule is COC(Cn1cnc2c(N)ncnc21)P=O. The lowest BCUT2D eigenvalue weighted by molar-refractivity contribution is 0.154. The summed E-state index contributed by atoms with van der Waals surface area (Å²) in [5, 5.41) is 0. The maximum Gasteiger partial charge on any atom is 0.189 e. The van der Waals surface area contributed by atoms with Gasteiger partial charge in [0.1, 0.15) is 11.8 Å². The van der Waals surface area contributed by atoms with Crippen LogP contribution in [0.4, 0.5) is 5.82 Å². The van der Waals surface area contributed by atoms with Gasteiger partial charge in [-0.25, -0.2) is 15.0 Å². The van der Waals surface area contributed by atoms with Crippen LogP contribution >= 0.6 is 8.46 Å². The molecule has 0 saturated heterocycles. The Labute approximate surface area is 92.9 Å². The summed E-state index contributed by atoms with van der Waals surface area (Å²) in [7, 11) is 1.42. The van der Waals surface area contributed by atoms with Crippen LogP contribution in [0.5, 0.6) is 0 Å². The van der Waals surface area contributed by atoms with Crippen molar-refractivity contribution in [3.05, 3.63) is 12.7 Å². The van der Waals surface area contributed by atoms with Crippen LogP contribution in [0.3, 0.4) is 0 Å². The Morgan fingerprint density at radius 3 is 3.06 bits per heavy atom. The highest BCUT2D eigenvalue weighted by atomic mass is 31.1. The number of methoxy groups -OCH3 is 1. The monoisotopic (exact) mass is 239 g/mol. The third-order valence-electron chi connectivity index (χ3n) is 2.17. The molecule has 0 aliphatic heterocycles. The van der Waals surface area contributed by atoms with Crippen LogP contribution in [-0.4, -0.2) is 32.5 Å². The molecule has 0 aliphatic carbocycles. The van der Waals surface area contributed by atoms with E-state index in [1.165, 1.54) is 13.4 Å². The molecular weight excluding hydrogens is 229 g/mol. The van der Waals surface area contributed by atoms with E-state index in [0.29, 0.717) is 23.5 Å². The largest absolute Gasteiger partial charge is 0.382 e. The summed E-state index contributed by atoms with van der Waals surface area (Å²) in [6.45, 7) is 0.397. The number of imidazole rings is 1. The molecule has 8 heteroatoms. The first-order chi connectivity index (χ1) is 7.76. The van der Waals surface area contributed by atoms with E-state index in [0.717, 1.165) is 0 Å². The zero-order valence-electron chi connectivity index (χ0n) is 8.57. The first kappa shape index (κ1) is 10.9. The highest BCUT2D eigenvalue weighted by Crippen LogP contribution is 2.17. The molecule has 2 aromatic heterocycles. The Kier molecular flexibility index (Phi) is 3.07. The second-order valence-corrected chi connectivity index (χ2v) is 3.91. The maximum absolute atomic E-state index is 10.7. The summed E-state index contributed by atoms with van der Waals surface area (Å²) in [6.07, 6.45) is 2.94. The topological polar surface area (TPSA) is 95.9 Å². The number of hydrogen-bond donors (Lipinski definition) is 1. The first-order valence-electron chi connectivity index (χ1n) is 4.53. The van der Waals surface area contributed by atoms with Gasteiger partial charge in [0, 0.05) is 7.11 Å². The van der Waals surface area contributed by atoms with Crippen molar-refractivity contribution in [3.8, 4) is 0 Å². The number of hydrogen-bond acceptors (Lipinski definition) is 6. The van der Waals surface area contributed by atoms with Gasteiger partial charge in [-0.15, -0.1) is 0 Å². The number of aromatic nitrogens is 4. The van der Waals surface area contributed by atoms with Gasteiger partial charge in [0.2, 0.25) is 0 Å². The summed E-state index contributed by atoms with van der Waals surface area (Å²) in [5.41, 5.74) is 6.79. The average Bonchev–Trinajstić information content (AvgIpc) is 2.71. The van der Waals surface area contributed by atoms with Gasteiger partial charge in [-0.05, 0) is 0 Å². The second kappa shape index (κ2) is 4.51. The molecule has 2 rings (SSSR count). The van der Waals surface area contributed by atoms with Crippen molar-refractivity contribution in [2.24, 2.45) is 0 Å². The fourth-order valence-electron chi connectivity index (χ4n) is 1.35.